The molecule has 2 N–H and O–H groups in total. The molecule has 6 heteroatoms. The SMILES string of the molecule is CC1CNCC12CN(CC(F)(F)F)CCC2O. The molecule has 2 rings (SSSR count). The van der Waals surface area contributed by atoms with Crippen molar-refractivity contribution in [2.24, 2.45) is 11.3 Å². The van der Waals surface area contributed by atoms with Gasteiger partial charge >= 0.3 is 6.18 Å². The van der Waals surface area contributed by atoms with E-state index in [1.54, 1.807) is 0 Å². The van der Waals surface area contributed by atoms with Gasteiger partial charge in [-0.15, -0.1) is 0 Å². The number of nitrogens with one attached hydrogen (secondary N) is 1. The summed E-state index contributed by atoms with van der Waals surface area (Å²) in [5, 5.41) is 13.3. The number of aliphatic hydroxyl groups is 1. The van der Waals surface area contributed by atoms with Crippen LogP contribution in [-0.4, -0.2) is 55.0 Å². The molecule has 100 valence electrons. The minimum absolute atomic E-state index is 0.216. The van der Waals surface area contributed by atoms with Crippen molar-refractivity contribution < 1.29 is 18.3 Å². The minimum Gasteiger partial charge on any atom is -0.392 e. The molecule has 1 spiro atoms. The quantitative estimate of drug-likeness (QED) is 0.726. The molecular formula is C11H19F3N2O. The van der Waals surface area contributed by atoms with Crippen molar-refractivity contribution in [2.75, 3.05) is 32.7 Å². The van der Waals surface area contributed by atoms with E-state index in [-0.39, 0.29) is 5.92 Å². The molecule has 2 saturated heterocycles. The van der Waals surface area contributed by atoms with Crippen LogP contribution >= 0.6 is 0 Å². The van der Waals surface area contributed by atoms with Gasteiger partial charge in [-0.1, -0.05) is 6.92 Å². The largest absolute Gasteiger partial charge is 0.401 e. The van der Waals surface area contributed by atoms with Crippen LogP contribution in [0.25, 0.3) is 0 Å². The van der Waals surface area contributed by atoms with E-state index in [0.717, 1.165) is 6.54 Å². The third kappa shape index (κ3) is 2.58. The lowest BCUT2D eigenvalue weighted by Crippen LogP contribution is -2.56. The first-order valence-corrected chi connectivity index (χ1v) is 6.01. The summed E-state index contributed by atoms with van der Waals surface area (Å²) in [6.07, 6.45) is -4.21. The Morgan fingerprint density at radius 1 is 1.47 bits per heavy atom. The fraction of sp³-hybridized carbons (Fsp3) is 1.00. The first-order chi connectivity index (χ1) is 7.83. The number of alkyl halides is 3. The molecule has 2 heterocycles. The van der Waals surface area contributed by atoms with Gasteiger partial charge in [-0.2, -0.15) is 13.2 Å². The maximum Gasteiger partial charge on any atom is 0.401 e. The summed E-state index contributed by atoms with van der Waals surface area (Å²) in [7, 11) is 0. The Balaban J connectivity index is 2.06. The first-order valence-electron chi connectivity index (χ1n) is 6.01. The molecule has 3 atom stereocenters. The second-order valence-corrected chi connectivity index (χ2v) is 5.40. The smallest absolute Gasteiger partial charge is 0.392 e. The Hall–Kier alpha value is -0.330. The zero-order valence-corrected chi connectivity index (χ0v) is 9.93. The monoisotopic (exact) mass is 252 g/mol. The zero-order chi connectivity index (χ0) is 12.7. The van der Waals surface area contributed by atoms with Crippen LogP contribution in [0.1, 0.15) is 13.3 Å². The Morgan fingerprint density at radius 2 is 2.18 bits per heavy atom. The molecule has 0 bridgehead atoms. The van der Waals surface area contributed by atoms with Crippen LogP contribution in [-0.2, 0) is 0 Å². The molecule has 3 unspecified atom stereocenters. The summed E-state index contributed by atoms with van der Waals surface area (Å²) in [5.74, 6) is 0.216. The maximum atomic E-state index is 12.4. The van der Waals surface area contributed by atoms with Crippen molar-refractivity contribution in [1.82, 2.24) is 10.2 Å². The number of aliphatic hydroxyl groups excluding tert-OH is 1. The molecular weight excluding hydrogens is 233 g/mol. The highest BCUT2D eigenvalue weighted by atomic mass is 19.4. The average molecular weight is 252 g/mol. The van der Waals surface area contributed by atoms with E-state index >= 15 is 0 Å². The Labute approximate surface area is 99.0 Å². The van der Waals surface area contributed by atoms with Gasteiger partial charge in [0, 0.05) is 25.0 Å². The topological polar surface area (TPSA) is 35.5 Å². The minimum atomic E-state index is -4.15. The fourth-order valence-electron chi connectivity index (χ4n) is 3.14. The molecule has 2 aliphatic heterocycles. The van der Waals surface area contributed by atoms with Gasteiger partial charge in [0.2, 0.25) is 0 Å². The third-order valence-electron chi connectivity index (χ3n) is 4.19. The highest BCUT2D eigenvalue weighted by molar-refractivity contribution is 5.02. The van der Waals surface area contributed by atoms with Gasteiger partial charge in [-0.25, -0.2) is 0 Å². The van der Waals surface area contributed by atoms with Crippen LogP contribution in [0.2, 0.25) is 0 Å². The maximum absolute atomic E-state index is 12.4. The van der Waals surface area contributed by atoms with E-state index in [0.29, 0.717) is 26.1 Å². The molecule has 0 aromatic heterocycles. The van der Waals surface area contributed by atoms with Gasteiger partial charge in [-0.3, -0.25) is 4.90 Å². The molecule has 0 saturated carbocycles. The average Bonchev–Trinajstić information content (AvgIpc) is 2.53. The van der Waals surface area contributed by atoms with E-state index in [1.807, 2.05) is 6.92 Å². The Kier molecular flexibility index (Phi) is 3.40. The van der Waals surface area contributed by atoms with Crippen molar-refractivity contribution >= 4 is 0 Å². The van der Waals surface area contributed by atoms with Crippen LogP contribution in [0, 0.1) is 11.3 Å². The van der Waals surface area contributed by atoms with E-state index in [4.69, 9.17) is 0 Å². The molecule has 17 heavy (non-hydrogen) atoms. The number of piperidine rings is 1. The molecule has 0 aliphatic carbocycles. The lowest BCUT2D eigenvalue weighted by molar-refractivity contribution is -0.162. The number of likely N-dealkylation sites (tertiary alicyclic amines) is 1. The summed E-state index contributed by atoms with van der Waals surface area (Å²) in [6, 6.07) is 0. The van der Waals surface area contributed by atoms with Gasteiger partial charge < -0.3 is 10.4 Å². The predicted molar refractivity (Wildman–Crippen MR) is 57.6 cm³/mol. The van der Waals surface area contributed by atoms with Crippen LogP contribution in [0.5, 0.6) is 0 Å². The highest BCUT2D eigenvalue weighted by Crippen LogP contribution is 2.40. The predicted octanol–water partition coefficient (Wildman–Crippen LogP) is 0.841. The summed E-state index contributed by atoms with van der Waals surface area (Å²) in [5.41, 5.74) is -0.399. The number of hydrogen-bond acceptors (Lipinski definition) is 3. The molecule has 0 radical (unpaired) electrons. The van der Waals surface area contributed by atoms with E-state index in [9.17, 15) is 18.3 Å². The van der Waals surface area contributed by atoms with Crippen LogP contribution in [0.4, 0.5) is 13.2 Å². The number of rotatable bonds is 1. The van der Waals surface area contributed by atoms with Crippen molar-refractivity contribution in [3.05, 3.63) is 0 Å². The van der Waals surface area contributed by atoms with E-state index < -0.39 is 24.2 Å². The fourth-order valence-corrected chi connectivity index (χ4v) is 3.14. The Bertz CT molecular complexity index is 284. The van der Waals surface area contributed by atoms with Crippen LogP contribution in [0.3, 0.4) is 0 Å². The number of nitrogens with zero attached hydrogens (tertiary/aromatic N) is 1. The second-order valence-electron chi connectivity index (χ2n) is 5.40. The lowest BCUT2D eigenvalue weighted by Gasteiger charge is -2.46. The number of hydrogen-bond donors (Lipinski definition) is 2. The number of halogens is 3. The van der Waals surface area contributed by atoms with E-state index in [1.165, 1.54) is 4.90 Å². The lowest BCUT2D eigenvalue weighted by atomic mass is 9.71. The van der Waals surface area contributed by atoms with Crippen molar-refractivity contribution in [2.45, 2.75) is 25.6 Å². The van der Waals surface area contributed by atoms with Gasteiger partial charge in [0.1, 0.15) is 0 Å². The summed E-state index contributed by atoms with van der Waals surface area (Å²) >= 11 is 0. The van der Waals surface area contributed by atoms with Crippen LogP contribution < -0.4 is 5.32 Å². The normalized spacial score (nSPS) is 40.1. The van der Waals surface area contributed by atoms with Crippen molar-refractivity contribution in [1.29, 1.82) is 0 Å². The molecule has 3 nitrogen and oxygen atoms in total. The third-order valence-corrected chi connectivity index (χ3v) is 4.19. The molecule has 0 amide bonds. The zero-order valence-electron chi connectivity index (χ0n) is 9.93. The van der Waals surface area contributed by atoms with Gasteiger partial charge in [0.25, 0.3) is 0 Å². The first kappa shape index (κ1) is 13.1. The Morgan fingerprint density at radius 3 is 2.71 bits per heavy atom. The van der Waals surface area contributed by atoms with Gasteiger partial charge in [0.15, 0.2) is 0 Å². The van der Waals surface area contributed by atoms with Gasteiger partial charge in [-0.05, 0) is 18.9 Å². The van der Waals surface area contributed by atoms with Crippen LogP contribution in [0.15, 0.2) is 0 Å². The highest BCUT2D eigenvalue weighted by Gasteiger charge is 2.50. The molecule has 0 aromatic rings. The molecule has 0 aromatic carbocycles. The van der Waals surface area contributed by atoms with Gasteiger partial charge in [0.05, 0.1) is 12.6 Å². The summed E-state index contributed by atoms with van der Waals surface area (Å²) in [4.78, 5) is 1.43. The van der Waals surface area contributed by atoms with Crippen molar-refractivity contribution in [3.8, 4) is 0 Å². The summed E-state index contributed by atoms with van der Waals surface area (Å²) in [6.45, 7) is 3.19. The standard InChI is InChI=1S/C11H19F3N2O/c1-8-4-15-5-10(8)6-16(3-2-9(10)17)7-11(12,13)14/h8-9,15,17H,2-7H2,1H3. The van der Waals surface area contributed by atoms with E-state index in [2.05, 4.69) is 5.32 Å². The summed E-state index contributed by atoms with van der Waals surface area (Å²) < 4.78 is 37.2. The molecule has 2 aliphatic rings. The second kappa shape index (κ2) is 4.40. The molecule has 2 fully saturated rings. The van der Waals surface area contributed by atoms with Crippen molar-refractivity contribution in [3.63, 3.8) is 0 Å².